The molecule has 1 aliphatic heterocycles. The van der Waals surface area contributed by atoms with Crippen LogP contribution in [0.15, 0.2) is 77.2 Å². The standard InChI is InChI=1S/C19H16N2OS2/c1-14(12-15-8-4-2-5-9-15)13-17-18(22)21(19(23)24-17)20-16-10-6-3-7-11-16/h2-13,20H,1H3. The SMILES string of the molecule is CC(=Cc1ccccc1)C=C1SC(=S)N(Nc2ccccc2)C1=O. The summed E-state index contributed by atoms with van der Waals surface area (Å²) >= 11 is 6.63. The van der Waals surface area contributed by atoms with Gasteiger partial charge in [0.1, 0.15) is 0 Å². The number of allylic oxidation sites excluding steroid dienone is 2. The highest BCUT2D eigenvalue weighted by Crippen LogP contribution is 2.32. The number of nitrogens with zero attached hydrogens (tertiary/aromatic N) is 1. The van der Waals surface area contributed by atoms with Crippen LogP contribution in [0.5, 0.6) is 0 Å². The van der Waals surface area contributed by atoms with E-state index in [0.717, 1.165) is 16.8 Å². The molecule has 0 aliphatic carbocycles. The highest BCUT2D eigenvalue weighted by Gasteiger charge is 2.32. The summed E-state index contributed by atoms with van der Waals surface area (Å²) < 4.78 is 0.502. The number of rotatable bonds is 4. The summed E-state index contributed by atoms with van der Waals surface area (Å²) in [6.45, 7) is 1.98. The summed E-state index contributed by atoms with van der Waals surface area (Å²) in [5, 5.41) is 1.41. The topological polar surface area (TPSA) is 32.3 Å². The minimum atomic E-state index is -0.130. The zero-order valence-corrected chi connectivity index (χ0v) is 14.7. The summed E-state index contributed by atoms with van der Waals surface area (Å²) in [5.41, 5.74) is 5.98. The predicted molar refractivity (Wildman–Crippen MR) is 105 cm³/mol. The number of benzene rings is 2. The van der Waals surface area contributed by atoms with Gasteiger partial charge in [0.05, 0.1) is 10.6 Å². The van der Waals surface area contributed by atoms with Crippen LogP contribution in [0.2, 0.25) is 0 Å². The Morgan fingerprint density at radius 1 is 1.08 bits per heavy atom. The Bertz CT molecular complexity index is 814. The maximum absolute atomic E-state index is 12.6. The molecule has 0 spiro atoms. The molecule has 0 aromatic heterocycles. The lowest BCUT2D eigenvalue weighted by molar-refractivity contribution is -0.121. The van der Waals surface area contributed by atoms with E-state index in [4.69, 9.17) is 12.2 Å². The Kier molecular flexibility index (Phi) is 5.13. The molecule has 1 heterocycles. The van der Waals surface area contributed by atoms with Crippen LogP contribution in [0.3, 0.4) is 0 Å². The van der Waals surface area contributed by atoms with Crippen molar-refractivity contribution in [3.8, 4) is 0 Å². The summed E-state index contributed by atoms with van der Waals surface area (Å²) in [7, 11) is 0. The number of thioether (sulfide) groups is 1. The average molecular weight is 352 g/mol. The number of thiocarbonyl (C=S) groups is 1. The highest BCUT2D eigenvalue weighted by molar-refractivity contribution is 8.26. The maximum Gasteiger partial charge on any atom is 0.285 e. The minimum absolute atomic E-state index is 0.130. The van der Waals surface area contributed by atoms with Crippen LogP contribution in [0, 0.1) is 0 Å². The quantitative estimate of drug-likeness (QED) is 0.629. The van der Waals surface area contributed by atoms with Gasteiger partial charge in [0, 0.05) is 0 Å². The van der Waals surface area contributed by atoms with Crippen molar-refractivity contribution < 1.29 is 4.79 Å². The molecule has 1 N–H and O–H groups in total. The van der Waals surface area contributed by atoms with Crippen LogP contribution in [0.25, 0.3) is 6.08 Å². The summed E-state index contributed by atoms with van der Waals surface area (Å²) in [6.07, 6.45) is 3.91. The second kappa shape index (κ2) is 7.47. The summed E-state index contributed by atoms with van der Waals surface area (Å²) in [5.74, 6) is -0.130. The van der Waals surface area contributed by atoms with Gasteiger partial charge in [0.25, 0.3) is 5.91 Å². The van der Waals surface area contributed by atoms with E-state index in [-0.39, 0.29) is 5.91 Å². The van der Waals surface area contributed by atoms with Gasteiger partial charge in [-0.3, -0.25) is 10.2 Å². The lowest BCUT2D eigenvalue weighted by Crippen LogP contribution is -2.33. The van der Waals surface area contributed by atoms with Crippen molar-refractivity contribution in [2.45, 2.75) is 6.92 Å². The van der Waals surface area contributed by atoms with Crippen molar-refractivity contribution in [2.75, 3.05) is 5.43 Å². The first-order valence-electron chi connectivity index (χ1n) is 7.46. The third-order valence-electron chi connectivity index (χ3n) is 3.36. The second-order valence-electron chi connectivity index (χ2n) is 5.29. The largest absolute Gasteiger partial charge is 0.290 e. The molecule has 0 unspecified atom stereocenters. The lowest BCUT2D eigenvalue weighted by atomic mass is 10.1. The van der Waals surface area contributed by atoms with Crippen molar-refractivity contribution in [3.63, 3.8) is 0 Å². The van der Waals surface area contributed by atoms with Gasteiger partial charge in [-0.2, -0.15) is 0 Å². The number of amides is 1. The first kappa shape index (κ1) is 16.5. The fourth-order valence-electron chi connectivity index (χ4n) is 2.27. The minimum Gasteiger partial charge on any atom is -0.290 e. The van der Waals surface area contributed by atoms with Crippen LogP contribution in [-0.4, -0.2) is 15.2 Å². The molecule has 1 saturated heterocycles. The van der Waals surface area contributed by atoms with E-state index in [1.54, 1.807) is 0 Å². The number of hydrazine groups is 1. The fourth-order valence-corrected chi connectivity index (χ4v) is 3.50. The van der Waals surface area contributed by atoms with E-state index in [1.807, 2.05) is 79.7 Å². The van der Waals surface area contributed by atoms with E-state index in [9.17, 15) is 4.79 Å². The van der Waals surface area contributed by atoms with E-state index < -0.39 is 0 Å². The van der Waals surface area contributed by atoms with Gasteiger partial charge in [-0.25, -0.2) is 5.01 Å². The number of carbonyl (C=O) groups is 1. The average Bonchev–Trinajstić information content (AvgIpc) is 2.84. The van der Waals surface area contributed by atoms with Gasteiger partial charge in [0.15, 0.2) is 4.32 Å². The van der Waals surface area contributed by atoms with Crippen LogP contribution in [-0.2, 0) is 4.79 Å². The van der Waals surface area contributed by atoms with Gasteiger partial charge in [-0.1, -0.05) is 66.4 Å². The Balaban J connectivity index is 1.77. The van der Waals surface area contributed by atoms with E-state index in [2.05, 4.69) is 5.43 Å². The van der Waals surface area contributed by atoms with Crippen LogP contribution >= 0.6 is 24.0 Å². The molecule has 1 fully saturated rings. The first-order valence-corrected chi connectivity index (χ1v) is 8.69. The third-order valence-corrected chi connectivity index (χ3v) is 4.66. The molecule has 1 amide bonds. The number of nitrogens with one attached hydrogen (secondary N) is 1. The zero-order valence-electron chi connectivity index (χ0n) is 13.1. The highest BCUT2D eigenvalue weighted by atomic mass is 32.2. The van der Waals surface area contributed by atoms with Crippen LogP contribution < -0.4 is 5.43 Å². The number of carbonyl (C=O) groups excluding carboxylic acids is 1. The van der Waals surface area contributed by atoms with Crippen molar-refractivity contribution in [1.29, 1.82) is 0 Å². The van der Waals surface area contributed by atoms with E-state index >= 15 is 0 Å². The summed E-state index contributed by atoms with van der Waals surface area (Å²) in [6, 6.07) is 19.5. The van der Waals surface area contributed by atoms with Crippen molar-refractivity contribution in [1.82, 2.24) is 5.01 Å². The van der Waals surface area contributed by atoms with Gasteiger partial charge in [-0.05, 0) is 48.5 Å². The molecular weight excluding hydrogens is 336 g/mol. The van der Waals surface area contributed by atoms with Gasteiger partial charge in [0.2, 0.25) is 0 Å². The van der Waals surface area contributed by atoms with Gasteiger partial charge in [-0.15, -0.1) is 0 Å². The molecule has 1 aliphatic rings. The normalized spacial score (nSPS) is 16.8. The first-order chi connectivity index (χ1) is 11.6. The zero-order chi connectivity index (χ0) is 16.9. The Labute approximate surface area is 151 Å². The molecule has 2 aromatic rings. The molecule has 3 nitrogen and oxygen atoms in total. The number of para-hydroxylation sites is 1. The molecule has 5 heteroatoms. The Hall–Kier alpha value is -2.37. The fraction of sp³-hybridized carbons (Fsp3) is 0.0526. The van der Waals surface area contributed by atoms with Crippen molar-refractivity contribution in [2.24, 2.45) is 0 Å². The predicted octanol–water partition coefficient (Wildman–Crippen LogP) is 4.86. The smallest absolute Gasteiger partial charge is 0.285 e. The summed E-state index contributed by atoms with van der Waals surface area (Å²) in [4.78, 5) is 13.2. The van der Waals surface area contributed by atoms with Gasteiger partial charge >= 0.3 is 0 Å². The van der Waals surface area contributed by atoms with Crippen molar-refractivity contribution >= 4 is 46.0 Å². The lowest BCUT2D eigenvalue weighted by Gasteiger charge is -2.16. The number of anilines is 1. The molecule has 24 heavy (non-hydrogen) atoms. The second-order valence-corrected chi connectivity index (χ2v) is 6.97. The molecule has 0 saturated carbocycles. The van der Waals surface area contributed by atoms with E-state index in [1.165, 1.54) is 16.8 Å². The number of hydrogen-bond donors (Lipinski definition) is 1. The maximum atomic E-state index is 12.6. The van der Waals surface area contributed by atoms with Crippen molar-refractivity contribution in [3.05, 3.63) is 82.8 Å². The molecule has 0 bridgehead atoms. The van der Waals surface area contributed by atoms with Crippen LogP contribution in [0.4, 0.5) is 5.69 Å². The van der Waals surface area contributed by atoms with Gasteiger partial charge < -0.3 is 0 Å². The third kappa shape index (κ3) is 3.93. The monoisotopic (exact) mass is 352 g/mol. The molecule has 120 valence electrons. The Morgan fingerprint density at radius 3 is 2.38 bits per heavy atom. The van der Waals surface area contributed by atoms with Crippen LogP contribution in [0.1, 0.15) is 12.5 Å². The molecular formula is C19H16N2OS2. The molecule has 0 atom stereocenters. The Morgan fingerprint density at radius 2 is 1.71 bits per heavy atom. The van der Waals surface area contributed by atoms with E-state index in [0.29, 0.717) is 9.23 Å². The molecule has 0 radical (unpaired) electrons. The molecule has 2 aromatic carbocycles. The molecule has 3 rings (SSSR count). The number of hydrogen-bond acceptors (Lipinski definition) is 4.